The molecule has 1 aliphatic rings. The summed E-state index contributed by atoms with van der Waals surface area (Å²) in [6, 6.07) is 10.3. The van der Waals surface area contributed by atoms with Crippen molar-refractivity contribution in [1.29, 1.82) is 0 Å². The molecule has 1 aliphatic carbocycles. The van der Waals surface area contributed by atoms with Crippen molar-refractivity contribution < 1.29 is 4.79 Å². The van der Waals surface area contributed by atoms with Gasteiger partial charge in [0.2, 0.25) is 5.91 Å². The highest BCUT2D eigenvalue weighted by Crippen LogP contribution is 2.19. The molecule has 0 saturated heterocycles. The molecule has 1 aromatic carbocycles. The zero-order chi connectivity index (χ0) is 12.8. The Balaban J connectivity index is 2.15. The fourth-order valence-electron chi connectivity index (χ4n) is 2.31. The second kappa shape index (κ2) is 6.20. The molecule has 0 aliphatic heterocycles. The number of rotatable bonds is 4. The molecule has 18 heavy (non-hydrogen) atoms. The molecule has 0 radical (unpaired) electrons. The molecule has 0 N–H and O–H groups in total. The van der Waals surface area contributed by atoms with Crippen molar-refractivity contribution in [3.63, 3.8) is 0 Å². The molecule has 1 aromatic rings. The van der Waals surface area contributed by atoms with E-state index in [4.69, 9.17) is 0 Å². The summed E-state index contributed by atoms with van der Waals surface area (Å²) in [5, 5.41) is 0. The van der Waals surface area contributed by atoms with E-state index in [1.807, 2.05) is 23.1 Å². The Kier molecular flexibility index (Phi) is 4.35. The molecule has 0 aromatic heterocycles. The Hall–Kier alpha value is -1.83. The van der Waals surface area contributed by atoms with Crippen LogP contribution < -0.4 is 0 Å². The van der Waals surface area contributed by atoms with Crippen LogP contribution in [0.3, 0.4) is 0 Å². The van der Waals surface area contributed by atoms with Gasteiger partial charge in [0.25, 0.3) is 0 Å². The molecular formula is C16H19NO. The van der Waals surface area contributed by atoms with Crippen molar-refractivity contribution in [2.24, 2.45) is 0 Å². The predicted molar refractivity (Wildman–Crippen MR) is 74.0 cm³/mol. The van der Waals surface area contributed by atoms with Gasteiger partial charge in [0.05, 0.1) is 6.04 Å². The van der Waals surface area contributed by atoms with Crippen LogP contribution in [-0.4, -0.2) is 16.8 Å². The summed E-state index contributed by atoms with van der Waals surface area (Å²) < 4.78 is 0. The molecule has 2 heteroatoms. The van der Waals surface area contributed by atoms with Crippen LogP contribution in [0.2, 0.25) is 0 Å². The lowest BCUT2D eigenvalue weighted by atomic mass is 10.0. The lowest BCUT2D eigenvalue weighted by Crippen LogP contribution is -2.38. The summed E-state index contributed by atoms with van der Waals surface area (Å²) in [5.74, 6) is 0.00963. The van der Waals surface area contributed by atoms with Gasteiger partial charge >= 0.3 is 0 Å². The number of nitrogens with zero attached hydrogens (tertiary/aromatic N) is 1. The largest absolute Gasteiger partial charge is 0.328 e. The van der Waals surface area contributed by atoms with Crippen molar-refractivity contribution in [3.05, 3.63) is 60.7 Å². The fourth-order valence-corrected chi connectivity index (χ4v) is 2.31. The lowest BCUT2D eigenvalue weighted by molar-refractivity contribution is -0.128. The van der Waals surface area contributed by atoms with E-state index >= 15 is 0 Å². The molecule has 94 valence electrons. The highest BCUT2D eigenvalue weighted by molar-refractivity contribution is 5.87. The molecule has 1 unspecified atom stereocenters. The SMILES string of the molecule is C=CC(=O)N(Cc1ccccc1)C1C=CCCC1. The van der Waals surface area contributed by atoms with E-state index in [0.717, 1.165) is 24.8 Å². The average Bonchev–Trinajstić information content (AvgIpc) is 2.46. The summed E-state index contributed by atoms with van der Waals surface area (Å²) >= 11 is 0. The highest BCUT2D eigenvalue weighted by atomic mass is 16.2. The van der Waals surface area contributed by atoms with Gasteiger partial charge in [-0.3, -0.25) is 4.79 Å². The molecular weight excluding hydrogens is 222 g/mol. The third-order valence-electron chi connectivity index (χ3n) is 3.28. The van der Waals surface area contributed by atoms with Gasteiger partial charge < -0.3 is 4.90 Å². The zero-order valence-corrected chi connectivity index (χ0v) is 10.6. The van der Waals surface area contributed by atoms with Gasteiger partial charge in [0.1, 0.15) is 0 Å². The van der Waals surface area contributed by atoms with Gasteiger partial charge in [-0.05, 0) is 30.9 Å². The van der Waals surface area contributed by atoms with E-state index in [1.165, 1.54) is 6.08 Å². The van der Waals surface area contributed by atoms with Crippen molar-refractivity contribution in [1.82, 2.24) is 4.90 Å². The Morgan fingerprint density at radius 2 is 2.17 bits per heavy atom. The summed E-state index contributed by atoms with van der Waals surface area (Å²) in [6.45, 7) is 4.26. The van der Waals surface area contributed by atoms with Crippen LogP contribution >= 0.6 is 0 Å². The molecule has 0 spiro atoms. The van der Waals surface area contributed by atoms with Gasteiger partial charge in [-0.25, -0.2) is 0 Å². The first-order chi connectivity index (χ1) is 8.81. The number of carbonyl (C=O) groups is 1. The van der Waals surface area contributed by atoms with Crippen molar-refractivity contribution in [2.45, 2.75) is 31.8 Å². The summed E-state index contributed by atoms with van der Waals surface area (Å²) in [4.78, 5) is 13.9. The molecule has 2 nitrogen and oxygen atoms in total. The van der Waals surface area contributed by atoms with Crippen LogP contribution in [0.1, 0.15) is 24.8 Å². The lowest BCUT2D eigenvalue weighted by Gasteiger charge is -2.30. The topological polar surface area (TPSA) is 20.3 Å². The van der Waals surface area contributed by atoms with Gasteiger partial charge in [-0.2, -0.15) is 0 Å². The number of carbonyl (C=O) groups excluding carboxylic acids is 1. The van der Waals surface area contributed by atoms with Crippen LogP contribution in [0.25, 0.3) is 0 Å². The smallest absolute Gasteiger partial charge is 0.246 e. The quantitative estimate of drug-likeness (QED) is 0.585. The molecule has 0 heterocycles. The van der Waals surface area contributed by atoms with E-state index in [-0.39, 0.29) is 11.9 Å². The summed E-state index contributed by atoms with van der Waals surface area (Å²) in [7, 11) is 0. The third-order valence-corrected chi connectivity index (χ3v) is 3.28. The van der Waals surface area contributed by atoms with E-state index in [0.29, 0.717) is 6.54 Å². The molecule has 0 bridgehead atoms. The van der Waals surface area contributed by atoms with E-state index < -0.39 is 0 Å². The molecule has 1 atom stereocenters. The minimum absolute atomic E-state index is 0.00963. The molecule has 2 rings (SSSR count). The monoisotopic (exact) mass is 241 g/mol. The average molecular weight is 241 g/mol. The van der Waals surface area contributed by atoms with Crippen LogP contribution in [-0.2, 0) is 11.3 Å². The Morgan fingerprint density at radius 3 is 2.78 bits per heavy atom. The summed E-state index contributed by atoms with van der Waals surface area (Å²) in [5.41, 5.74) is 1.16. The maximum Gasteiger partial charge on any atom is 0.246 e. The van der Waals surface area contributed by atoms with E-state index in [2.05, 4.69) is 30.9 Å². The highest BCUT2D eigenvalue weighted by Gasteiger charge is 2.20. The maximum absolute atomic E-state index is 12.0. The van der Waals surface area contributed by atoms with Crippen molar-refractivity contribution in [2.75, 3.05) is 0 Å². The minimum atomic E-state index is 0.00963. The Bertz CT molecular complexity index is 436. The number of allylic oxidation sites excluding steroid dienone is 1. The van der Waals surface area contributed by atoms with E-state index in [1.54, 1.807) is 0 Å². The number of hydrogen-bond acceptors (Lipinski definition) is 1. The van der Waals surface area contributed by atoms with Crippen LogP contribution in [0.5, 0.6) is 0 Å². The first kappa shape index (κ1) is 12.6. The fraction of sp³-hybridized carbons (Fsp3) is 0.312. The zero-order valence-electron chi connectivity index (χ0n) is 10.6. The Morgan fingerprint density at radius 1 is 1.39 bits per heavy atom. The summed E-state index contributed by atoms with van der Waals surface area (Å²) in [6.07, 6.45) is 9.04. The predicted octanol–water partition coefficient (Wildman–Crippen LogP) is 3.31. The van der Waals surface area contributed by atoms with Crippen LogP contribution in [0, 0.1) is 0 Å². The third kappa shape index (κ3) is 3.10. The first-order valence-corrected chi connectivity index (χ1v) is 6.45. The molecule has 1 amide bonds. The normalized spacial score (nSPS) is 18.3. The number of amides is 1. The maximum atomic E-state index is 12.0. The minimum Gasteiger partial charge on any atom is -0.328 e. The Labute approximate surface area is 109 Å². The van der Waals surface area contributed by atoms with Gasteiger partial charge in [-0.15, -0.1) is 0 Å². The van der Waals surface area contributed by atoms with Crippen molar-refractivity contribution >= 4 is 5.91 Å². The number of benzene rings is 1. The van der Waals surface area contributed by atoms with Gasteiger partial charge in [0.15, 0.2) is 0 Å². The molecule has 0 fully saturated rings. The standard InChI is InChI=1S/C16H19NO/c1-2-16(18)17(15-11-7-4-8-12-15)13-14-9-5-3-6-10-14/h2-3,5-7,9-11,15H,1,4,8,12-13H2. The second-order valence-electron chi connectivity index (χ2n) is 4.58. The van der Waals surface area contributed by atoms with Crippen LogP contribution in [0.4, 0.5) is 0 Å². The van der Waals surface area contributed by atoms with Gasteiger partial charge in [0, 0.05) is 6.54 Å². The van der Waals surface area contributed by atoms with Crippen molar-refractivity contribution in [3.8, 4) is 0 Å². The van der Waals surface area contributed by atoms with Gasteiger partial charge in [-0.1, -0.05) is 49.1 Å². The molecule has 0 saturated carbocycles. The van der Waals surface area contributed by atoms with E-state index in [9.17, 15) is 4.79 Å². The second-order valence-corrected chi connectivity index (χ2v) is 4.58. The number of hydrogen-bond donors (Lipinski definition) is 0. The first-order valence-electron chi connectivity index (χ1n) is 6.45. The van der Waals surface area contributed by atoms with Crippen LogP contribution in [0.15, 0.2) is 55.1 Å².